The van der Waals surface area contributed by atoms with Crippen LogP contribution >= 0.6 is 0 Å². The van der Waals surface area contributed by atoms with Gasteiger partial charge in [-0.25, -0.2) is 0 Å². The van der Waals surface area contributed by atoms with Crippen molar-refractivity contribution in [3.05, 3.63) is 35.9 Å². The first kappa shape index (κ1) is 17.4. The first-order valence-corrected chi connectivity index (χ1v) is 7.85. The third-order valence-corrected chi connectivity index (χ3v) is 3.60. The maximum absolute atomic E-state index is 11.0. The number of rotatable bonds is 5. The molecule has 1 aromatic carbocycles. The number of benzene rings is 1. The van der Waals surface area contributed by atoms with Gasteiger partial charge in [0.2, 0.25) is 0 Å². The van der Waals surface area contributed by atoms with E-state index in [1.807, 2.05) is 30.3 Å². The molecule has 2 rings (SSSR count). The normalized spacial score (nSPS) is 14.7. The van der Waals surface area contributed by atoms with E-state index in [0.717, 1.165) is 11.5 Å². The molecule has 0 radical (unpaired) electrons. The Kier molecular flexibility index (Phi) is 9.18. The summed E-state index contributed by atoms with van der Waals surface area (Å²) < 4.78 is 4.93. The Balaban J connectivity index is 0.000000262. The van der Waals surface area contributed by atoms with Crippen molar-refractivity contribution in [3.63, 3.8) is 0 Å². The average molecular weight is 290 g/mol. The monoisotopic (exact) mass is 290 g/mol. The molecule has 0 aliphatic heterocycles. The first-order valence-electron chi connectivity index (χ1n) is 7.85. The Labute approximate surface area is 127 Å². The predicted octanol–water partition coefficient (Wildman–Crippen LogP) is 4.30. The largest absolute Gasteiger partial charge is 0.461 e. The quantitative estimate of drug-likeness (QED) is 0.600. The van der Waals surface area contributed by atoms with Gasteiger partial charge in [0.05, 0.1) is 6.42 Å². The summed E-state index contributed by atoms with van der Waals surface area (Å²) in [6, 6.07) is 9.43. The van der Waals surface area contributed by atoms with E-state index >= 15 is 0 Å². The zero-order valence-corrected chi connectivity index (χ0v) is 12.9. The zero-order valence-electron chi connectivity index (χ0n) is 12.9. The van der Waals surface area contributed by atoms with Gasteiger partial charge in [0.15, 0.2) is 0 Å². The second kappa shape index (κ2) is 11.1. The summed E-state index contributed by atoms with van der Waals surface area (Å²) in [6.07, 6.45) is 8.54. The number of esters is 1. The molecular formula is C18H26O3. The Morgan fingerprint density at radius 2 is 1.86 bits per heavy atom. The van der Waals surface area contributed by atoms with Crippen molar-refractivity contribution in [2.24, 2.45) is 5.92 Å². The number of hydrogen-bond donors (Lipinski definition) is 0. The second-order valence-corrected chi connectivity index (χ2v) is 5.59. The molecule has 0 amide bonds. The van der Waals surface area contributed by atoms with E-state index < -0.39 is 0 Å². The molecule has 3 heteroatoms. The minimum absolute atomic E-state index is 0.163. The van der Waals surface area contributed by atoms with E-state index in [1.54, 1.807) is 0 Å². The number of carbonyl (C=O) groups is 2. The van der Waals surface area contributed by atoms with Gasteiger partial charge in [-0.1, -0.05) is 69.4 Å². The van der Waals surface area contributed by atoms with Gasteiger partial charge < -0.3 is 9.53 Å². The summed E-state index contributed by atoms with van der Waals surface area (Å²) in [5.74, 6) is 0.703. The highest BCUT2D eigenvalue weighted by Gasteiger charge is 2.06. The van der Waals surface area contributed by atoms with Crippen LogP contribution in [0.1, 0.15) is 57.4 Å². The van der Waals surface area contributed by atoms with Crippen LogP contribution in [-0.2, 0) is 20.9 Å². The molecule has 1 saturated carbocycles. The molecule has 1 aliphatic carbocycles. The number of hydrogen-bond acceptors (Lipinski definition) is 3. The van der Waals surface area contributed by atoms with Crippen molar-refractivity contribution in [2.45, 2.75) is 58.5 Å². The molecule has 0 heterocycles. The molecule has 0 saturated heterocycles. The van der Waals surface area contributed by atoms with Crippen molar-refractivity contribution in [1.29, 1.82) is 0 Å². The Morgan fingerprint density at radius 3 is 2.38 bits per heavy atom. The van der Waals surface area contributed by atoms with E-state index in [2.05, 4.69) is 6.92 Å². The Bertz CT molecular complexity index is 394. The molecule has 1 aromatic rings. The summed E-state index contributed by atoms with van der Waals surface area (Å²) in [7, 11) is 0. The summed E-state index contributed by atoms with van der Waals surface area (Å²) in [5, 5.41) is 0. The highest BCUT2D eigenvalue weighted by atomic mass is 16.5. The third-order valence-electron chi connectivity index (χ3n) is 3.60. The van der Waals surface area contributed by atoms with Crippen molar-refractivity contribution >= 4 is 12.3 Å². The van der Waals surface area contributed by atoms with Gasteiger partial charge in [-0.3, -0.25) is 4.79 Å². The highest BCUT2D eigenvalue weighted by molar-refractivity contribution is 5.72. The van der Waals surface area contributed by atoms with Gasteiger partial charge in [0, 0.05) is 6.42 Å². The standard InChI is InChI=1S/C11H12O3.C7H14/c12-8-4-7-11(13)14-9-10-5-2-1-3-6-10;1-7-5-3-2-4-6-7/h1-3,5-6,8H,4,7,9H2;7H,2-6H2,1H3. The summed E-state index contributed by atoms with van der Waals surface area (Å²) in [6.45, 7) is 2.64. The lowest BCUT2D eigenvalue weighted by Gasteiger charge is -2.15. The van der Waals surface area contributed by atoms with E-state index in [0.29, 0.717) is 6.29 Å². The smallest absolute Gasteiger partial charge is 0.306 e. The number of carbonyl (C=O) groups excluding carboxylic acids is 2. The lowest BCUT2D eigenvalue weighted by atomic mass is 9.91. The van der Waals surface area contributed by atoms with Crippen LogP contribution in [0.4, 0.5) is 0 Å². The van der Waals surface area contributed by atoms with Gasteiger partial charge >= 0.3 is 5.97 Å². The molecule has 21 heavy (non-hydrogen) atoms. The fraction of sp³-hybridized carbons (Fsp3) is 0.556. The van der Waals surface area contributed by atoms with E-state index in [1.165, 1.54) is 32.1 Å². The minimum atomic E-state index is -0.332. The summed E-state index contributed by atoms with van der Waals surface area (Å²) >= 11 is 0. The van der Waals surface area contributed by atoms with Crippen LogP contribution < -0.4 is 0 Å². The van der Waals surface area contributed by atoms with Crippen LogP contribution in [0.3, 0.4) is 0 Å². The van der Waals surface area contributed by atoms with Gasteiger partial charge in [-0.2, -0.15) is 0 Å². The third kappa shape index (κ3) is 9.01. The highest BCUT2D eigenvalue weighted by Crippen LogP contribution is 2.22. The number of ether oxygens (including phenoxy) is 1. The van der Waals surface area contributed by atoms with Crippen molar-refractivity contribution < 1.29 is 14.3 Å². The maximum atomic E-state index is 11.0. The lowest BCUT2D eigenvalue weighted by molar-refractivity contribution is -0.145. The first-order chi connectivity index (χ1) is 10.2. The van der Waals surface area contributed by atoms with Crippen LogP contribution in [0.25, 0.3) is 0 Å². The average Bonchev–Trinajstić information content (AvgIpc) is 2.53. The Hall–Kier alpha value is -1.64. The van der Waals surface area contributed by atoms with Gasteiger partial charge in [0.1, 0.15) is 12.9 Å². The number of aldehydes is 1. The SMILES string of the molecule is CC1CCCCC1.O=CCCC(=O)OCc1ccccc1. The Morgan fingerprint density at radius 1 is 1.19 bits per heavy atom. The van der Waals surface area contributed by atoms with Crippen LogP contribution in [-0.4, -0.2) is 12.3 Å². The van der Waals surface area contributed by atoms with Crippen LogP contribution in [0.5, 0.6) is 0 Å². The molecular weight excluding hydrogens is 264 g/mol. The topological polar surface area (TPSA) is 43.4 Å². The molecule has 0 spiro atoms. The molecule has 1 fully saturated rings. The van der Waals surface area contributed by atoms with Gasteiger partial charge in [-0.15, -0.1) is 0 Å². The molecule has 1 aliphatic rings. The summed E-state index contributed by atoms with van der Waals surface area (Å²) in [5.41, 5.74) is 0.951. The predicted molar refractivity (Wildman–Crippen MR) is 83.8 cm³/mol. The molecule has 3 nitrogen and oxygen atoms in total. The molecule has 0 aromatic heterocycles. The summed E-state index contributed by atoms with van der Waals surface area (Å²) in [4.78, 5) is 21.0. The van der Waals surface area contributed by atoms with Crippen molar-refractivity contribution in [2.75, 3.05) is 0 Å². The van der Waals surface area contributed by atoms with E-state index in [4.69, 9.17) is 4.74 Å². The fourth-order valence-corrected chi connectivity index (χ4v) is 2.29. The van der Waals surface area contributed by atoms with Gasteiger partial charge in [-0.05, 0) is 11.5 Å². The van der Waals surface area contributed by atoms with Gasteiger partial charge in [0.25, 0.3) is 0 Å². The minimum Gasteiger partial charge on any atom is -0.461 e. The van der Waals surface area contributed by atoms with E-state index in [-0.39, 0.29) is 25.4 Å². The van der Waals surface area contributed by atoms with Crippen molar-refractivity contribution in [1.82, 2.24) is 0 Å². The molecule has 0 N–H and O–H groups in total. The maximum Gasteiger partial charge on any atom is 0.306 e. The van der Waals surface area contributed by atoms with E-state index in [9.17, 15) is 9.59 Å². The lowest BCUT2D eigenvalue weighted by Crippen LogP contribution is -2.04. The fourth-order valence-electron chi connectivity index (χ4n) is 2.29. The molecule has 0 unspecified atom stereocenters. The second-order valence-electron chi connectivity index (χ2n) is 5.59. The molecule has 0 bridgehead atoms. The van der Waals surface area contributed by atoms with Crippen LogP contribution in [0, 0.1) is 5.92 Å². The van der Waals surface area contributed by atoms with Crippen LogP contribution in [0.15, 0.2) is 30.3 Å². The van der Waals surface area contributed by atoms with Crippen molar-refractivity contribution in [3.8, 4) is 0 Å². The zero-order chi connectivity index (χ0) is 15.3. The van der Waals surface area contributed by atoms with Crippen LogP contribution in [0.2, 0.25) is 0 Å². The molecule has 116 valence electrons. The molecule has 0 atom stereocenters.